The Kier molecular flexibility index (Phi) is 2.88. The smallest absolute Gasteiger partial charge is 0.263 e. The van der Waals surface area contributed by atoms with Gasteiger partial charge in [0.05, 0.1) is 6.20 Å². The van der Waals surface area contributed by atoms with Gasteiger partial charge in [-0.1, -0.05) is 28.4 Å². The van der Waals surface area contributed by atoms with Crippen molar-refractivity contribution in [2.75, 3.05) is 5.73 Å². The second kappa shape index (κ2) is 4.56. The molecule has 0 aliphatic rings. The van der Waals surface area contributed by atoms with E-state index in [9.17, 15) is 0 Å². The van der Waals surface area contributed by atoms with E-state index >= 15 is 0 Å². The lowest BCUT2D eigenvalue weighted by molar-refractivity contribution is 0.432. The highest BCUT2D eigenvalue weighted by molar-refractivity contribution is 6.35. The Morgan fingerprint density at radius 1 is 1.16 bits per heavy atom. The molecule has 3 aromatic rings. The van der Waals surface area contributed by atoms with E-state index in [1.54, 1.807) is 18.2 Å². The van der Waals surface area contributed by atoms with E-state index in [4.69, 9.17) is 33.5 Å². The van der Waals surface area contributed by atoms with Gasteiger partial charge in [0, 0.05) is 15.6 Å². The summed E-state index contributed by atoms with van der Waals surface area (Å²) in [6.07, 6.45) is 1.51. The second-order valence-electron chi connectivity index (χ2n) is 3.78. The molecule has 0 saturated heterocycles. The molecular weight excluding hydrogens is 289 g/mol. The van der Waals surface area contributed by atoms with Crippen LogP contribution in [0.25, 0.3) is 22.8 Å². The van der Waals surface area contributed by atoms with E-state index in [2.05, 4.69) is 20.3 Å². The molecule has 0 radical (unpaired) electrons. The van der Waals surface area contributed by atoms with Crippen molar-refractivity contribution in [3.05, 3.63) is 34.4 Å². The van der Waals surface area contributed by atoms with E-state index in [1.165, 1.54) is 6.20 Å². The maximum atomic E-state index is 5.93. The highest BCUT2D eigenvalue weighted by atomic mass is 35.5. The van der Waals surface area contributed by atoms with E-state index in [0.717, 1.165) is 0 Å². The fourth-order valence-electron chi connectivity index (χ4n) is 1.60. The summed E-state index contributed by atoms with van der Waals surface area (Å²) in [6.45, 7) is 0. The standard InChI is InChI=1S/C11H7Cl2N5O/c12-6-1-5(2-7(13)3-6)10-16-11(19-18-10)8-4-15-17-9(8)14/h1-4H,(H3,14,15,17). The number of halogens is 2. The van der Waals surface area contributed by atoms with Crippen molar-refractivity contribution in [2.45, 2.75) is 0 Å². The molecule has 3 N–H and O–H groups in total. The van der Waals surface area contributed by atoms with Crippen molar-refractivity contribution in [1.29, 1.82) is 0 Å². The van der Waals surface area contributed by atoms with E-state index < -0.39 is 0 Å². The first kappa shape index (κ1) is 12.0. The van der Waals surface area contributed by atoms with Crippen LogP contribution in [0.3, 0.4) is 0 Å². The Morgan fingerprint density at radius 2 is 1.89 bits per heavy atom. The molecule has 0 unspecified atom stereocenters. The summed E-state index contributed by atoms with van der Waals surface area (Å²) in [5.74, 6) is 1.01. The number of H-pyrrole nitrogens is 1. The van der Waals surface area contributed by atoms with Crippen molar-refractivity contribution in [3.8, 4) is 22.8 Å². The van der Waals surface area contributed by atoms with Gasteiger partial charge in [0.1, 0.15) is 11.4 Å². The maximum absolute atomic E-state index is 5.93. The van der Waals surface area contributed by atoms with Gasteiger partial charge in [0.15, 0.2) is 0 Å². The topological polar surface area (TPSA) is 93.6 Å². The van der Waals surface area contributed by atoms with Crippen molar-refractivity contribution >= 4 is 29.0 Å². The van der Waals surface area contributed by atoms with Gasteiger partial charge in [0.2, 0.25) is 5.82 Å². The van der Waals surface area contributed by atoms with Crippen LogP contribution in [0.5, 0.6) is 0 Å². The van der Waals surface area contributed by atoms with Crippen LogP contribution in [0, 0.1) is 0 Å². The number of benzene rings is 1. The first-order chi connectivity index (χ1) is 9.13. The van der Waals surface area contributed by atoms with Crippen molar-refractivity contribution in [2.24, 2.45) is 0 Å². The Bertz CT molecular complexity index is 716. The molecule has 0 spiro atoms. The van der Waals surface area contributed by atoms with Gasteiger partial charge in [-0.15, -0.1) is 0 Å². The number of aromatic nitrogens is 4. The van der Waals surface area contributed by atoms with Crippen molar-refractivity contribution in [3.63, 3.8) is 0 Å². The molecule has 1 aromatic carbocycles. The summed E-state index contributed by atoms with van der Waals surface area (Å²) in [5.41, 5.74) is 6.89. The van der Waals surface area contributed by atoms with E-state index in [0.29, 0.717) is 32.8 Å². The molecule has 0 aliphatic carbocycles. The Labute approximate surface area is 117 Å². The number of rotatable bonds is 2. The maximum Gasteiger partial charge on any atom is 0.263 e. The van der Waals surface area contributed by atoms with E-state index in [-0.39, 0.29) is 5.89 Å². The average molecular weight is 296 g/mol. The Hall–Kier alpha value is -2.05. The zero-order valence-corrected chi connectivity index (χ0v) is 10.9. The van der Waals surface area contributed by atoms with Gasteiger partial charge in [-0.2, -0.15) is 10.1 Å². The highest BCUT2D eigenvalue weighted by Gasteiger charge is 2.15. The monoisotopic (exact) mass is 295 g/mol. The molecule has 2 aromatic heterocycles. The van der Waals surface area contributed by atoms with E-state index in [1.807, 2.05) is 0 Å². The lowest BCUT2D eigenvalue weighted by Crippen LogP contribution is -1.87. The zero-order valence-electron chi connectivity index (χ0n) is 9.39. The fourth-order valence-corrected chi connectivity index (χ4v) is 2.13. The quantitative estimate of drug-likeness (QED) is 0.758. The second-order valence-corrected chi connectivity index (χ2v) is 4.65. The van der Waals surface area contributed by atoms with Crippen LogP contribution >= 0.6 is 23.2 Å². The van der Waals surface area contributed by atoms with Crippen molar-refractivity contribution < 1.29 is 4.52 Å². The molecule has 0 bridgehead atoms. The summed E-state index contributed by atoms with van der Waals surface area (Å²) < 4.78 is 5.14. The van der Waals surface area contributed by atoms with Crippen LogP contribution in [-0.2, 0) is 0 Å². The number of anilines is 1. The van der Waals surface area contributed by atoms with Gasteiger partial charge in [-0.05, 0) is 18.2 Å². The molecule has 0 atom stereocenters. The van der Waals surface area contributed by atoms with Crippen molar-refractivity contribution in [1.82, 2.24) is 20.3 Å². The molecule has 0 amide bonds. The molecule has 8 heteroatoms. The Balaban J connectivity index is 2.04. The first-order valence-electron chi connectivity index (χ1n) is 5.23. The zero-order chi connectivity index (χ0) is 13.4. The minimum absolute atomic E-state index is 0.275. The minimum Gasteiger partial charge on any atom is -0.383 e. The minimum atomic E-state index is 0.275. The third kappa shape index (κ3) is 2.27. The molecule has 0 aliphatic heterocycles. The molecule has 6 nitrogen and oxygen atoms in total. The van der Waals surface area contributed by atoms with Crippen LogP contribution in [0.15, 0.2) is 28.9 Å². The number of nitrogens with two attached hydrogens (primary N) is 1. The third-order valence-electron chi connectivity index (χ3n) is 2.45. The van der Waals surface area contributed by atoms with Crippen LogP contribution < -0.4 is 5.73 Å². The third-order valence-corrected chi connectivity index (χ3v) is 2.88. The molecule has 96 valence electrons. The predicted molar refractivity (Wildman–Crippen MR) is 71.7 cm³/mol. The molecule has 19 heavy (non-hydrogen) atoms. The summed E-state index contributed by atoms with van der Waals surface area (Å²) in [7, 11) is 0. The summed E-state index contributed by atoms with van der Waals surface area (Å²) in [4.78, 5) is 4.23. The Morgan fingerprint density at radius 3 is 2.53 bits per heavy atom. The fraction of sp³-hybridized carbons (Fsp3) is 0. The molecule has 2 heterocycles. The molecule has 0 saturated carbocycles. The lowest BCUT2D eigenvalue weighted by atomic mass is 10.2. The van der Waals surface area contributed by atoms with Crippen LogP contribution in [-0.4, -0.2) is 20.3 Å². The number of hydrogen-bond donors (Lipinski definition) is 2. The summed E-state index contributed by atoms with van der Waals surface area (Å²) in [6, 6.07) is 5.02. The lowest BCUT2D eigenvalue weighted by Gasteiger charge is -1.97. The first-order valence-corrected chi connectivity index (χ1v) is 5.98. The van der Waals surface area contributed by atoms with Gasteiger partial charge in [0.25, 0.3) is 5.89 Å². The number of nitrogens with one attached hydrogen (secondary N) is 1. The van der Waals surface area contributed by atoms with Crippen LogP contribution in [0.1, 0.15) is 0 Å². The van der Waals surface area contributed by atoms with Gasteiger partial charge >= 0.3 is 0 Å². The molecular formula is C11H7Cl2N5O. The van der Waals surface area contributed by atoms with Crippen LogP contribution in [0.4, 0.5) is 5.82 Å². The van der Waals surface area contributed by atoms with Gasteiger partial charge in [-0.3, -0.25) is 5.10 Å². The summed E-state index contributed by atoms with van der Waals surface area (Å²) >= 11 is 11.9. The molecule has 3 rings (SSSR count). The molecule has 0 fully saturated rings. The average Bonchev–Trinajstić information content (AvgIpc) is 2.95. The number of nitrogen functional groups attached to an aromatic ring is 1. The van der Waals surface area contributed by atoms with Crippen LogP contribution in [0.2, 0.25) is 10.0 Å². The predicted octanol–water partition coefficient (Wildman–Crippen LogP) is 3.02. The number of hydrogen-bond acceptors (Lipinski definition) is 5. The SMILES string of the molecule is Nc1[nH]ncc1-c1nc(-c2cc(Cl)cc(Cl)c2)no1. The van der Waals surface area contributed by atoms with Gasteiger partial charge in [-0.25, -0.2) is 0 Å². The normalized spacial score (nSPS) is 10.8. The largest absolute Gasteiger partial charge is 0.383 e. The number of nitrogens with zero attached hydrogens (tertiary/aromatic N) is 3. The van der Waals surface area contributed by atoms with Gasteiger partial charge < -0.3 is 10.3 Å². The highest BCUT2D eigenvalue weighted by Crippen LogP contribution is 2.28. The summed E-state index contributed by atoms with van der Waals surface area (Å²) in [5, 5.41) is 11.2. The number of aromatic amines is 1.